The summed E-state index contributed by atoms with van der Waals surface area (Å²) in [5, 5.41) is 3.86. The Hall–Kier alpha value is -1.63. The third kappa shape index (κ3) is 4.03. The lowest BCUT2D eigenvalue weighted by Crippen LogP contribution is -2.57. The first-order valence-electron chi connectivity index (χ1n) is 9.10. The number of nitrogens with zero attached hydrogens (tertiary/aromatic N) is 2. The molecule has 2 fully saturated rings. The predicted octanol–water partition coefficient (Wildman–Crippen LogP) is 1.64. The molecule has 0 aliphatic carbocycles. The maximum absolute atomic E-state index is 13.2. The lowest BCUT2D eigenvalue weighted by atomic mass is 9.78. The van der Waals surface area contributed by atoms with Crippen molar-refractivity contribution in [2.24, 2.45) is 5.41 Å². The van der Waals surface area contributed by atoms with Crippen LogP contribution in [0.15, 0.2) is 24.3 Å². The summed E-state index contributed by atoms with van der Waals surface area (Å²) < 4.78 is 5.37. The second kappa shape index (κ2) is 8.37. The van der Waals surface area contributed by atoms with E-state index in [0.29, 0.717) is 43.4 Å². The van der Waals surface area contributed by atoms with Crippen molar-refractivity contribution in [3.05, 3.63) is 34.9 Å². The highest BCUT2D eigenvalue weighted by Crippen LogP contribution is 2.32. The van der Waals surface area contributed by atoms with Crippen molar-refractivity contribution in [2.75, 3.05) is 53.0 Å². The van der Waals surface area contributed by atoms with Crippen molar-refractivity contribution in [3.63, 3.8) is 0 Å². The first kappa shape index (κ1) is 19.1. The predicted molar refractivity (Wildman–Crippen MR) is 100 cm³/mol. The second-order valence-electron chi connectivity index (χ2n) is 7.06. The fraction of sp³-hybridized carbons (Fsp3) is 0.579. The Balaban J connectivity index is 1.62. The first-order chi connectivity index (χ1) is 12.6. The average molecular weight is 380 g/mol. The van der Waals surface area contributed by atoms with E-state index in [-0.39, 0.29) is 11.8 Å². The highest BCUT2D eigenvalue weighted by Gasteiger charge is 2.43. The lowest BCUT2D eigenvalue weighted by Gasteiger charge is -2.42. The van der Waals surface area contributed by atoms with Crippen LogP contribution in [0.5, 0.6) is 0 Å². The molecule has 6 nitrogen and oxygen atoms in total. The molecule has 1 aromatic rings. The molecule has 26 heavy (non-hydrogen) atoms. The minimum absolute atomic E-state index is 0.0342. The molecular weight excluding hydrogens is 354 g/mol. The third-order valence-electron chi connectivity index (χ3n) is 5.36. The summed E-state index contributed by atoms with van der Waals surface area (Å²) in [5.41, 5.74) is 0.158. The summed E-state index contributed by atoms with van der Waals surface area (Å²) in [6.07, 6.45) is 1.59. The largest absolute Gasteiger partial charge is 0.384 e. The number of nitrogens with one attached hydrogen (secondary N) is 1. The SMILES string of the molecule is COCC1(C(=O)N2CCN(C(=O)c3cccc(Cl)c3)CC2)CCNCC1. The van der Waals surface area contributed by atoms with E-state index in [1.54, 1.807) is 36.3 Å². The molecule has 1 aromatic carbocycles. The van der Waals surface area contributed by atoms with Gasteiger partial charge in [0.1, 0.15) is 0 Å². The fourth-order valence-corrected chi connectivity index (χ4v) is 4.04. The molecule has 3 rings (SSSR count). The Labute approximate surface area is 159 Å². The van der Waals surface area contributed by atoms with Crippen LogP contribution in [0.3, 0.4) is 0 Å². The molecule has 0 atom stereocenters. The lowest BCUT2D eigenvalue weighted by molar-refractivity contribution is -0.149. The van der Waals surface area contributed by atoms with E-state index in [1.807, 2.05) is 4.90 Å². The Kier molecular flexibility index (Phi) is 6.16. The van der Waals surface area contributed by atoms with Crippen molar-refractivity contribution in [2.45, 2.75) is 12.8 Å². The topological polar surface area (TPSA) is 61.9 Å². The Bertz CT molecular complexity index is 648. The zero-order valence-electron chi connectivity index (χ0n) is 15.2. The van der Waals surface area contributed by atoms with E-state index in [0.717, 1.165) is 25.9 Å². The molecule has 0 aromatic heterocycles. The van der Waals surface area contributed by atoms with Gasteiger partial charge < -0.3 is 19.9 Å². The monoisotopic (exact) mass is 379 g/mol. The Morgan fingerprint density at radius 3 is 2.42 bits per heavy atom. The van der Waals surface area contributed by atoms with Gasteiger partial charge in [-0.25, -0.2) is 0 Å². The first-order valence-corrected chi connectivity index (χ1v) is 9.47. The fourth-order valence-electron chi connectivity index (χ4n) is 3.85. The number of carbonyl (C=O) groups is 2. The number of piperazine rings is 1. The van der Waals surface area contributed by atoms with E-state index < -0.39 is 5.41 Å². The summed E-state index contributed by atoms with van der Waals surface area (Å²) >= 11 is 5.98. The number of benzene rings is 1. The van der Waals surface area contributed by atoms with Crippen LogP contribution in [0.25, 0.3) is 0 Å². The van der Waals surface area contributed by atoms with E-state index >= 15 is 0 Å². The highest BCUT2D eigenvalue weighted by atomic mass is 35.5. The Morgan fingerprint density at radius 1 is 1.15 bits per heavy atom. The van der Waals surface area contributed by atoms with Crippen molar-refractivity contribution in [1.82, 2.24) is 15.1 Å². The zero-order chi connectivity index (χ0) is 18.6. The molecule has 0 unspecified atom stereocenters. The molecule has 2 aliphatic heterocycles. The van der Waals surface area contributed by atoms with Crippen LogP contribution in [0.2, 0.25) is 5.02 Å². The van der Waals surface area contributed by atoms with Gasteiger partial charge in [-0.15, -0.1) is 0 Å². The maximum atomic E-state index is 13.2. The number of carbonyl (C=O) groups excluding carboxylic acids is 2. The number of hydrogen-bond acceptors (Lipinski definition) is 4. The number of rotatable bonds is 4. The molecule has 0 spiro atoms. The number of halogens is 1. The van der Waals surface area contributed by atoms with Gasteiger partial charge in [-0.2, -0.15) is 0 Å². The molecule has 1 N–H and O–H groups in total. The molecule has 0 bridgehead atoms. The quantitative estimate of drug-likeness (QED) is 0.864. The number of hydrogen-bond donors (Lipinski definition) is 1. The van der Waals surface area contributed by atoms with Crippen LogP contribution in [0.4, 0.5) is 0 Å². The summed E-state index contributed by atoms with van der Waals surface area (Å²) in [4.78, 5) is 29.5. The second-order valence-corrected chi connectivity index (χ2v) is 7.49. The van der Waals surface area contributed by atoms with Crippen LogP contribution in [0.1, 0.15) is 23.2 Å². The van der Waals surface area contributed by atoms with E-state index in [4.69, 9.17) is 16.3 Å². The van der Waals surface area contributed by atoms with Crippen LogP contribution in [0, 0.1) is 5.41 Å². The molecule has 2 heterocycles. The number of amides is 2. The normalized spacial score (nSPS) is 20.1. The van der Waals surface area contributed by atoms with Crippen LogP contribution >= 0.6 is 11.6 Å². The number of ether oxygens (including phenoxy) is 1. The molecule has 0 saturated carbocycles. The third-order valence-corrected chi connectivity index (χ3v) is 5.60. The summed E-state index contributed by atoms with van der Waals surface area (Å²) in [5.74, 6) is 0.128. The molecule has 0 radical (unpaired) electrons. The van der Waals surface area contributed by atoms with E-state index in [9.17, 15) is 9.59 Å². The molecular formula is C19H26ClN3O3. The van der Waals surface area contributed by atoms with Gasteiger partial charge >= 0.3 is 0 Å². The number of methoxy groups -OCH3 is 1. The van der Waals surface area contributed by atoms with Gasteiger partial charge in [-0.1, -0.05) is 17.7 Å². The van der Waals surface area contributed by atoms with E-state index in [2.05, 4.69) is 5.32 Å². The van der Waals surface area contributed by atoms with Crippen LogP contribution in [-0.4, -0.2) is 74.6 Å². The highest BCUT2D eigenvalue weighted by molar-refractivity contribution is 6.30. The minimum atomic E-state index is -0.431. The van der Waals surface area contributed by atoms with Gasteiger partial charge in [0.15, 0.2) is 0 Å². The van der Waals surface area contributed by atoms with Gasteiger partial charge in [0, 0.05) is 43.9 Å². The Morgan fingerprint density at radius 2 is 1.81 bits per heavy atom. The van der Waals surface area contributed by atoms with Gasteiger partial charge in [0.05, 0.1) is 12.0 Å². The minimum Gasteiger partial charge on any atom is -0.384 e. The van der Waals surface area contributed by atoms with E-state index in [1.165, 1.54) is 0 Å². The standard InChI is InChI=1S/C19H26ClN3O3/c1-26-14-19(5-7-21-8-6-19)18(25)23-11-9-22(10-12-23)17(24)15-3-2-4-16(20)13-15/h2-4,13,21H,5-12,14H2,1H3. The van der Waals surface area contributed by atoms with Crippen molar-refractivity contribution in [3.8, 4) is 0 Å². The maximum Gasteiger partial charge on any atom is 0.254 e. The van der Waals surface area contributed by atoms with Gasteiger partial charge in [0.2, 0.25) is 5.91 Å². The molecule has 2 amide bonds. The summed E-state index contributed by atoms with van der Waals surface area (Å²) in [7, 11) is 1.65. The van der Waals surface area contributed by atoms with Crippen LogP contribution in [-0.2, 0) is 9.53 Å². The smallest absolute Gasteiger partial charge is 0.254 e. The van der Waals surface area contributed by atoms with Gasteiger partial charge in [0.25, 0.3) is 5.91 Å². The molecule has 7 heteroatoms. The van der Waals surface area contributed by atoms with Gasteiger partial charge in [-0.3, -0.25) is 9.59 Å². The average Bonchev–Trinajstić information content (AvgIpc) is 2.68. The molecule has 142 valence electrons. The molecule has 2 saturated heterocycles. The number of piperidine rings is 1. The summed E-state index contributed by atoms with van der Waals surface area (Å²) in [6.45, 7) is 4.32. The van der Waals surface area contributed by atoms with Gasteiger partial charge in [-0.05, 0) is 44.1 Å². The van der Waals surface area contributed by atoms with Crippen molar-refractivity contribution >= 4 is 23.4 Å². The van der Waals surface area contributed by atoms with Crippen molar-refractivity contribution < 1.29 is 14.3 Å². The molecule has 2 aliphatic rings. The van der Waals surface area contributed by atoms with Crippen LogP contribution < -0.4 is 5.32 Å². The van der Waals surface area contributed by atoms with Crippen molar-refractivity contribution in [1.29, 1.82) is 0 Å². The zero-order valence-corrected chi connectivity index (χ0v) is 15.9. The summed E-state index contributed by atoms with van der Waals surface area (Å²) in [6, 6.07) is 6.99.